The third-order valence-electron chi connectivity index (χ3n) is 5.35. The Morgan fingerprint density at radius 1 is 0.862 bits per heavy atom. The number of carbonyl (C=O) groups is 1. The summed E-state index contributed by atoms with van der Waals surface area (Å²) in [7, 11) is 0. The van der Waals surface area contributed by atoms with Crippen molar-refractivity contribution in [3.8, 4) is 0 Å². The van der Waals surface area contributed by atoms with E-state index in [-0.39, 0.29) is 11.9 Å². The van der Waals surface area contributed by atoms with E-state index < -0.39 is 0 Å². The summed E-state index contributed by atoms with van der Waals surface area (Å²) in [5, 5.41) is 3.17. The Balaban J connectivity index is 1.86. The molecule has 0 spiro atoms. The van der Waals surface area contributed by atoms with Crippen LogP contribution in [0.2, 0.25) is 0 Å². The Morgan fingerprint density at radius 2 is 1.45 bits per heavy atom. The Bertz CT molecular complexity index is 882. The van der Waals surface area contributed by atoms with Gasteiger partial charge in [0.2, 0.25) is 5.91 Å². The van der Waals surface area contributed by atoms with Gasteiger partial charge in [-0.25, -0.2) is 0 Å². The maximum atomic E-state index is 13.0. The third-order valence-corrected chi connectivity index (χ3v) is 5.35. The van der Waals surface area contributed by atoms with Crippen molar-refractivity contribution in [1.29, 1.82) is 0 Å². The van der Waals surface area contributed by atoms with E-state index >= 15 is 0 Å². The van der Waals surface area contributed by atoms with Crippen molar-refractivity contribution in [3.05, 3.63) is 101 Å². The molecule has 0 aliphatic heterocycles. The van der Waals surface area contributed by atoms with Gasteiger partial charge in [0.25, 0.3) is 0 Å². The number of nitrogens with one attached hydrogen (secondary N) is 1. The molecule has 0 saturated heterocycles. The second kappa shape index (κ2) is 10.0. The van der Waals surface area contributed by atoms with Gasteiger partial charge in [0.1, 0.15) is 0 Å². The summed E-state index contributed by atoms with van der Waals surface area (Å²) in [6.45, 7) is 7.38. The van der Waals surface area contributed by atoms with Crippen LogP contribution in [0.25, 0.3) is 0 Å². The summed E-state index contributed by atoms with van der Waals surface area (Å²) in [6.07, 6.45) is 0.894. The molecule has 0 heterocycles. The van der Waals surface area contributed by atoms with E-state index in [1.54, 1.807) is 0 Å². The highest BCUT2D eigenvalue weighted by atomic mass is 16.2. The van der Waals surface area contributed by atoms with Gasteiger partial charge in [0.15, 0.2) is 0 Å². The van der Waals surface area contributed by atoms with E-state index in [9.17, 15) is 4.79 Å². The largest absolute Gasteiger partial charge is 0.324 e. The maximum Gasteiger partial charge on any atom is 0.238 e. The summed E-state index contributed by atoms with van der Waals surface area (Å²) in [5.41, 5.74) is 5.61. The number of nitrogens with zero attached hydrogens (tertiary/aromatic N) is 1. The number of aryl methyl sites for hydroxylation is 2. The van der Waals surface area contributed by atoms with Crippen LogP contribution in [-0.4, -0.2) is 23.9 Å². The second-order valence-electron chi connectivity index (χ2n) is 7.30. The van der Waals surface area contributed by atoms with Gasteiger partial charge in [-0.1, -0.05) is 92.7 Å². The van der Waals surface area contributed by atoms with Gasteiger partial charge >= 0.3 is 0 Å². The first-order valence-corrected chi connectivity index (χ1v) is 10.4. The zero-order chi connectivity index (χ0) is 20.6. The number of hydrogen-bond acceptors (Lipinski definition) is 2. The molecule has 29 heavy (non-hydrogen) atoms. The lowest BCUT2D eigenvalue weighted by atomic mass is 9.97. The molecule has 0 unspecified atom stereocenters. The number of anilines is 1. The minimum absolute atomic E-state index is 0.0210. The molecule has 3 aromatic carbocycles. The van der Waals surface area contributed by atoms with E-state index in [4.69, 9.17) is 0 Å². The van der Waals surface area contributed by atoms with Crippen LogP contribution in [0.5, 0.6) is 0 Å². The monoisotopic (exact) mass is 386 g/mol. The Kier molecular flexibility index (Phi) is 7.20. The first-order valence-electron chi connectivity index (χ1n) is 10.4. The standard InChI is InChI=1S/C26H30N2O/c1-4-21-18-12-13-20(3)25(21)27-24(29)19-28(5-2)26(22-14-8-6-9-15-22)23-16-10-7-11-17-23/h6-18,26H,4-5,19H2,1-3H3,(H,27,29). The topological polar surface area (TPSA) is 32.3 Å². The van der Waals surface area contributed by atoms with Crippen LogP contribution >= 0.6 is 0 Å². The number of carbonyl (C=O) groups excluding carboxylic acids is 1. The molecule has 1 amide bonds. The van der Waals surface area contributed by atoms with Crippen LogP contribution in [-0.2, 0) is 11.2 Å². The molecular weight excluding hydrogens is 356 g/mol. The van der Waals surface area contributed by atoms with Crippen LogP contribution in [0.3, 0.4) is 0 Å². The lowest BCUT2D eigenvalue weighted by Gasteiger charge is -2.31. The quantitative estimate of drug-likeness (QED) is 0.546. The van der Waals surface area contributed by atoms with Crippen LogP contribution in [0.4, 0.5) is 5.69 Å². The summed E-state index contributed by atoms with van der Waals surface area (Å²) in [4.78, 5) is 15.2. The van der Waals surface area contributed by atoms with E-state index in [1.807, 2.05) is 31.2 Å². The molecule has 0 aromatic heterocycles. The zero-order valence-corrected chi connectivity index (χ0v) is 17.6. The highest BCUT2D eigenvalue weighted by molar-refractivity contribution is 5.93. The van der Waals surface area contributed by atoms with Gasteiger partial charge in [-0.05, 0) is 42.1 Å². The van der Waals surface area contributed by atoms with Crippen molar-refractivity contribution < 1.29 is 4.79 Å². The molecule has 0 aliphatic rings. The molecular formula is C26H30N2O. The summed E-state index contributed by atoms with van der Waals surface area (Å²) < 4.78 is 0. The average molecular weight is 387 g/mol. The molecule has 0 saturated carbocycles. The fourth-order valence-corrected chi connectivity index (χ4v) is 3.84. The Hall–Kier alpha value is -2.91. The Labute approximate surface area is 174 Å². The number of amides is 1. The van der Waals surface area contributed by atoms with Gasteiger partial charge in [-0.3, -0.25) is 9.69 Å². The van der Waals surface area contributed by atoms with Crippen molar-refractivity contribution in [2.24, 2.45) is 0 Å². The van der Waals surface area contributed by atoms with Gasteiger partial charge in [-0.2, -0.15) is 0 Å². The summed E-state index contributed by atoms with van der Waals surface area (Å²) in [6, 6.07) is 27.0. The highest BCUT2D eigenvalue weighted by Crippen LogP contribution is 2.28. The molecule has 3 heteroatoms. The first-order chi connectivity index (χ1) is 14.1. The third kappa shape index (κ3) is 5.12. The number of benzene rings is 3. The van der Waals surface area contributed by atoms with E-state index in [2.05, 4.69) is 78.7 Å². The zero-order valence-electron chi connectivity index (χ0n) is 17.6. The molecule has 0 bridgehead atoms. The second-order valence-corrected chi connectivity index (χ2v) is 7.30. The Morgan fingerprint density at radius 3 is 1.97 bits per heavy atom. The molecule has 3 nitrogen and oxygen atoms in total. The summed E-state index contributed by atoms with van der Waals surface area (Å²) >= 11 is 0. The maximum absolute atomic E-state index is 13.0. The van der Waals surface area contributed by atoms with Crippen LogP contribution in [0.15, 0.2) is 78.9 Å². The van der Waals surface area contributed by atoms with Crippen molar-refractivity contribution in [3.63, 3.8) is 0 Å². The number of likely N-dealkylation sites (N-methyl/N-ethyl adjacent to an activating group) is 1. The van der Waals surface area contributed by atoms with E-state index in [1.165, 1.54) is 16.7 Å². The predicted octanol–water partition coefficient (Wildman–Crippen LogP) is 5.61. The van der Waals surface area contributed by atoms with Crippen LogP contribution in [0.1, 0.15) is 42.1 Å². The van der Waals surface area contributed by atoms with Crippen molar-refractivity contribution in [2.75, 3.05) is 18.4 Å². The molecule has 3 rings (SSSR count). The fraction of sp³-hybridized carbons (Fsp3) is 0.269. The predicted molar refractivity (Wildman–Crippen MR) is 121 cm³/mol. The number of rotatable bonds is 8. The van der Waals surface area contributed by atoms with Gasteiger partial charge in [0.05, 0.1) is 12.6 Å². The average Bonchev–Trinajstić information content (AvgIpc) is 2.76. The lowest BCUT2D eigenvalue weighted by Crippen LogP contribution is -2.37. The lowest BCUT2D eigenvalue weighted by molar-refractivity contribution is -0.117. The van der Waals surface area contributed by atoms with Crippen molar-refractivity contribution >= 4 is 11.6 Å². The van der Waals surface area contributed by atoms with E-state index in [0.717, 1.165) is 24.2 Å². The fourth-order valence-electron chi connectivity index (χ4n) is 3.84. The normalized spacial score (nSPS) is 11.1. The minimum Gasteiger partial charge on any atom is -0.324 e. The van der Waals surface area contributed by atoms with E-state index in [0.29, 0.717) is 6.54 Å². The number of para-hydroxylation sites is 1. The highest BCUT2D eigenvalue weighted by Gasteiger charge is 2.23. The van der Waals surface area contributed by atoms with Crippen LogP contribution in [0, 0.1) is 6.92 Å². The van der Waals surface area contributed by atoms with Gasteiger partial charge in [-0.15, -0.1) is 0 Å². The molecule has 0 atom stereocenters. The first kappa shape index (κ1) is 20.8. The molecule has 0 aliphatic carbocycles. The van der Waals surface area contributed by atoms with Crippen molar-refractivity contribution in [2.45, 2.75) is 33.2 Å². The molecule has 150 valence electrons. The molecule has 3 aromatic rings. The summed E-state index contributed by atoms with van der Waals surface area (Å²) in [5.74, 6) is 0.0210. The molecule has 0 radical (unpaired) electrons. The van der Waals surface area contributed by atoms with Crippen molar-refractivity contribution in [1.82, 2.24) is 4.90 Å². The molecule has 0 fully saturated rings. The van der Waals surface area contributed by atoms with Crippen LogP contribution < -0.4 is 5.32 Å². The smallest absolute Gasteiger partial charge is 0.238 e. The SMILES string of the molecule is CCc1cccc(C)c1NC(=O)CN(CC)C(c1ccccc1)c1ccccc1. The number of hydrogen-bond donors (Lipinski definition) is 1. The van der Waals surface area contributed by atoms with Gasteiger partial charge < -0.3 is 5.32 Å². The molecule has 1 N–H and O–H groups in total. The van der Waals surface area contributed by atoms with Gasteiger partial charge in [0, 0.05) is 5.69 Å². The minimum atomic E-state index is 0.0210.